The number of methoxy groups -OCH3 is 2. The van der Waals surface area contributed by atoms with Crippen molar-refractivity contribution >= 4 is 35.0 Å². The van der Waals surface area contributed by atoms with Gasteiger partial charge in [-0.1, -0.05) is 12.1 Å². The second kappa shape index (κ2) is 9.60. The van der Waals surface area contributed by atoms with Gasteiger partial charge < -0.3 is 19.5 Å². The predicted molar refractivity (Wildman–Crippen MR) is 103 cm³/mol. The smallest absolute Gasteiger partial charge is 0.345 e. The summed E-state index contributed by atoms with van der Waals surface area (Å²) in [4.78, 5) is 35.8. The Kier molecular flexibility index (Phi) is 7.21. The van der Waals surface area contributed by atoms with Gasteiger partial charge in [0.05, 0.1) is 30.9 Å². The van der Waals surface area contributed by atoms with Crippen LogP contribution in [0.2, 0.25) is 0 Å². The van der Waals surface area contributed by atoms with E-state index in [0.717, 1.165) is 17.0 Å². The van der Waals surface area contributed by atoms with Crippen LogP contribution in [0.5, 0.6) is 11.5 Å². The number of nitro groups is 1. The molecule has 0 saturated carbocycles. The molecule has 0 unspecified atom stereocenters. The topological polar surface area (TPSA) is 117 Å². The number of ether oxygens (including phenoxy) is 3. The number of para-hydroxylation sites is 1. The molecular formula is C18H18N2O7S. The molecule has 2 aromatic rings. The van der Waals surface area contributed by atoms with Crippen LogP contribution in [0.4, 0.5) is 11.4 Å². The van der Waals surface area contributed by atoms with E-state index in [4.69, 9.17) is 14.2 Å². The Hall–Kier alpha value is -3.27. The molecule has 0 radical (unpaired) electrons. The zero-order chi connectivity index (χ0) is 20.7. The van der Waals surface area contributed by atoms with Gasteiger partial charge in [-0.2, -0.15) is 0 Å². The molecular weight excluding hydrogens is 388 g/mol. The number of rotatable bonds is 8. The first-order valence-electron chi connectivity index (χ1n) is 7.91. The van der Waals surface area contributed by atoms with Gasteiger partial charge in [-0.15, -0.1) is 11.8 Å². The molecule has 148 valence electrons. The van der Waals surface area contributed by atoms with Crippen LogP contribution in [0.3, 0.4) is 0 Å². The highest BCUT2D eigenvalue weighted by Gasteiger charge is 2.26. The SMILES string of the molecule is COc1cc(C(=O)OCC(=O)Nc2ccccc2SC)c([N+](=O)[O-])cc1OC. The van der Waals surface area contributed by atoms with Gasteiger partial charge in [0.1, 0.15) is 5.56 Å². The average Bonchev–Trinajstić information content (AvgIpc) is 2.71. The zero-order valence-electron chi connectivity index (χ0n) is 15.4. The fraction of sp³-hybridized carbons (Fsp3) is 0.222. The second-order valence-electron chi connectivity index (χ2n) is 5.31. The summed E-state index contributed by atoms with van der Waals surface area (Å²) in [6.45, 7) is -0.604. The summed E-state index contributed by atoms with van der Waals surface area (Å²) in [6.07, 6.45) is 1.86. The Balaban J connectivity index is 2.14. The number of esters is 1. The zero-order valence-corrected chi connectivity index (χ0v) is 16.2. The highest BCUT2D eigenvalue weighted by atomic mass is 32.2. The summed E-state index contributed by atoms with van der Waals surface area (Å²) in [5.41, 5.74) is -0.288. The third-order valence-corrected chi connectivity index (χ3v) is 4.43. The predicted octanol–water partition coefficient (Wildman–Crippen LogP) is 3.13. The van der Waals surface area contributed by atoms with E-state index in [-0.39, 0.29) is 17.1 Å². The fourth-order valence-corrected chi connectivity index (χ4v) is 2.88. The number of nitrogens with one attached hydrogen (secondary N) is 1. The van der Waals surface area contributed by atoms with Crippen molar-refractivity contribution < 1.29 is 28.7 Å². The number of benzene rings is 2. The van der Waals surface area contributed by atoms with Crippen LogP contribution in [0, 0.1) is 10.1 Å². The summed E-state index contributed by atoms with van der Waals surface area (Å²) in [6, 6.07) is 9.33. The van der Waals surface area contributed by atoms with E-state index in [1.807, 2.05) is 18.4 Å². The van der Waals surface area contributed by atoms with E-state index >= 15 is 0 Å². The van der Waals surface area contributed by atoms with Crippen LogP contribution < -0.4 is 14.8 Å². The fourth-order valence-electron chi connectivity index (χ4n) is 2.33. The monoisotopic (exact) mass is 406 g/mol. The van der Waals surface area contributed by atoms with Gasteiger partial charge in [0.2, 0.25) is 0 Å². The van der Waals surface area contributed by atoms with E-state index in [9.17, 15) is 19.7 Å². The Bertz CT molecular complexity index is 901. The number of hydrogen-bond donors (Lipinski definition) is 1. The highest BCUT2D eigenvalue weighted by Crippen LogP contribution is 2.34. The first-order chi connectivity index (χ1) is 13.4. The van der Waals surface area contributed by atoms with E-state index in [1.54, 1.807) is 12.1 Å². The third kappa shape index (κ3) is 4.92. The molecule has 0 aromatic heterocycles. The van der Waals surface area contributed by atoms with Crippen molar-refractivity contribution in [3.05, 3.63) is 52.1 Å². The average molecular weight is 406 g/mol. The standard InChI is InChI=1S/C18H18N2O7S/c1-25-14-8-11(13(20(23)24)9-15(14)26-2)18(22)27-10-17(21)19-12-6-4-5-7-16(12)28-3/h4-9H,10H2,1-3H3,(H,19,21). The number of nitro benzene ring substituents is 1. The first kappa shape index (κ1) is 21.0. The third-order valence-electron chi connectivity index (χ3n) is 3.63. The van der Waals surface area contributed by atoms with Gasteiger partial charge in [0.25, 0.3) is 11.6 Å². The molecule has 0 bridgehead atoms. The van der Waals surface area contributed by atoms with Crippen LogP contribution in [0.1, 0.15) is 10.4 Å². The number of amides is 1. The Labute approximate surface area is 165 Å². The molecule has 0 aliphatic carbocycles. The van der Waals surface area contributed by atoms with Crippen LogP contribution in [-0.2, 0) is 9.53 Å². The van der Waals surface area contributed by atoms with Crippen LogP contribution in [0.15, 0.2) is 41.3 Å². The first-order valence-corrected chi connectivity index (χ1v) is 9.14. The highest BCUT2D eigenvalue weighted by molar-refractivity contribution is 7.98. The molecule has 1 N–H and O–H groups in total. The van der Waals surface area contributed by atoms with Crippen molar-refractivity contribution in [3.63, 3.8) is 0 Å². The van der Waals surface area contributed by atoms with Gasteiger partial charge in [-0.3, -0.25) is 14.9 Å². The Morgan fingerprint density at radius 3 is 2.39 bits per heavy atom. The van der Waals surface area contributed by atoms with E-state index < -0.39 is 29.1 Å². The summed E-state index contributed by atoms with van der Waals surface area (Å²) in [5.74, 6) is -1.38. The number of hydrogen-bond acceptors (Lipinski definition) is 8. The van der Waals surface area contributed by atoms with Crippen molar-refractivity contribution in [2.75, 3.05) is 32.4 Å². The van der Waals surface area contributed by atoms with Gasteiger partial charge in [0, 0.05) is 11.0 Å². The van der Waals surface area contributed by atoms with E-state index in [2.05, 4.69) is 5.32 Å². The molecule has 0 saturated heterocycles. The van der Waals surface area contributed by atoms with Crippen molar-refractivity contribution in [1.82, 2.24) is 0 Å². The van der Waals surface area contributed by atoms with Crippen molar-refractivity contribution in [3.8, 4) is 11.5 Å². The lowest BCUT2D eigenvalue weighted by Gasteiger charge is -2.11. The minimum Gasteiger partial charge on any atom is -0.493 e. The Morgan fingerprint density at radius 1 is 1.14 bits per heavy atom. The summed E-state index contributed by atoms with van der Waals surface area (Å²) in [7, 11) is 2.64. The minimum absolute atomic E-state index is 0.0946. The number of thioether (sulfide) groups is 1. The summed E-state index contributed by atoms with van der Waals surface area (Å²) < 4.78 is 15.0. The van der Waals surface area contributed by atoms with Crippen molar-refractivity contribution in [2.45, 2.75) is 4.90 Å². The number of anilines is 1. The normalized spacial score (nSPS) is 10.1. The molecule has 9 nitrogen and oxygen atoms in total. The maximum atomic E-state index is 12.3. The van der Waals surface area contributed by atoms with Crippen LogP contribution in [0.25, 0.3) is 0 Å². The largest absolute Gasteiger partial charge is 0.493 e. The lowest BCUT2D eigenvalue weighted by molar-refractivity contribution is -0.385. The summed E-state index contributed by atoms with van der Waals surface area (Å²) >= 11 is 1.45. The molecule has 1 amide bonds. The number of carbonyl (C=O) groups excluding carboxylic acids is 2. The molecule has 2 aromatic carbocycles. The van der Waals surface area contributed by atoms with Gasteiger partial charge in [-0.05, 0) is 18.4 Å². The van der Waals surface area contributed by atoms with Crippen LogP contribution in [-0.4, -0.2) is 43.9 Å². The molecule has 28 heavy (non-hydrogen) atoms. The van der Waals surface area contributed by atoms with Crippen molar-refractivity contribution in [2.24, 2.45) is 0 Å². The lowest BCUT2D eigenvalue weighted by atomic mass is 10.1. The molecule has 10 heteroatoms. The number of carbonyl (C=O) groups is 2. The molecule has 0 aliphatic heterocycles. The molecule has 0 atom stereocenters. The van der Waals surface area contributed by atoms with E-state index in [1.165, 1.54) is 26.0 Å². The van der Waals surface area contributed by atoms with Gasteiger partial charge in [0.15, 0.2) is 18.1 Å². The maximum Gasteiger partial charge on any atom is 0.345 e. The number of nitrogens with zero attached hydrogens (tertiary/aromatic N) is 1. The summed E-state index contributed by atoms with van der Waals surface area (Å²) in [5, 5.41) is 13.9. The van der Waals surface area contributed by atoms with Crippen LogP contribution >= 0.6 is 11.8 Å². The van der Waals surface area contributed by atoms with E-state index in [0.29, 0.717) is 5.69 Å². The molecule has 2 rings (SSSR count). The molecule has 0 aliphatic rings. The second-order valence-corrected chi connectivity index (χ2v) is 6.15. The lowest BCUT2D eigenvalue weighted by Crippen LogP contribution is -2.21. The van der Waals surface area contributed by atoms with Crippen molar-refractivity contribution in [1.29, 1.82) is 0 Å². The molecule has 0 heterocycles. The molecule has 0 spiro atoms. The Morgan fingerprint density at radius 2 is 1.79 bits per heavy atom. The maximum absolute atomic E-state index is 12.3. The quantitative estimate of drug-likeness (QED) is 0.308. The molecule has 0 fully saturated rings. The van der Waals surface area contributed by atoms with Gasteiger partial charge in [-0.25, -0.2) is 4.79 Å². The minimum atomic E-state index is -1.03. The van der Waals surface area contributed by atoms with Gasteiger partial charge >= 0.3 is 5.97 Å².